The Kier molecular flexibility index (Phi) is 4.07. The number of ether oxygens (including phenoxy) is 1. The zero-order valence-corrected chi connectivity index (χ0v) is 13.9. The van der Waals surface area contributed by atoms with Crippen LogP contribution in [0.2, 0.25) is 0 Å². The average Bonchev–Trinajstić information content (AvgIpc) is 3.22. The summed E-state index contributed by atoms with van der Waals surface area (Å²) in [5, 5.41) is 6.09. The number of nitroso groups, excluding NO2 is 1. The van der Waals surface area contributed by atoms with Gasteiger partial charge in [0.15, 0.2) is 5.17 Å². The molecule has 1 fully saturated rings. The Morgan fingerprint density at radius 1 is 1.16 bits per heavy atom. The van der Waals surface area contributed by atoms with Crippen LogP contribution in [0, 0.1) is 4.91 Å². The minimum absolute atomic E-state index is 0.211. The Labute approximate surface area is 148 Å². The van der Waals surface area contributed by atoms with Crippen LogP contribution in [-0.4, -0.2) is 17.7 Å². The van der Waals surface area contributed by atoms with E-state index in [0.29, 0.717) is 22.4 Å². The molecule has 0 radical (unpaired) electrons. The number of aliphatic imine (C=N–C) groups is 1. The number of benzene rings is 2. The van der Waals surface area contributed by atoms with Crippen LogP contribution in [0.1, 0.15) is 11.1 Å². The molecule has 0 spiro atoms. The number of hydrogen-bond donors (Lipinski definition) is 1. The molecule has 0 unspecified atom stereocenters. The first-order valence-electron chi connectivity index (χ1n) is 7.70. The van der Waals surface area contributed by atoms with Crippen LogP contribution in [0.3, 0.4) is 0 Å². The molecule has 124 valence electrons. The number of amides is 1. The quantitative estimate of drug-likeness (QED) is 0.671. The predicted molar refractivity (Wildman–Crippen MR) is 98.3 cm³/mol. The van der Waals surface area contributed by atoms with Crippen LogP contribution in [0.25, 0.3) is 6.08 Å². The lowest BCUT2D eigenvalue weighted by atomic mass is 10.1. The monoisotopic (exact) mass is 351 g/mol. The smallest absolute Gasteiger partial charge is 0.264 e. The maximum atomic E-state index is 12.2. The maximum absolute atomic E-state index is 12.2. The van der Waals surface area contributed by atoms with Gasteiger partial charge in [0, 0.05) is 6.42 Å². The standard InChI is InChI=1S/C18H13N3O3S/c22-17-16(10-11-5-6-15-12(9-11)7-8-24-15)25-18(20-17)19-13-3-1-2-4-14(13)21-23/h1-6,9-10H,7-8H2,(H,19,20,22)/b16-10-. The van der Waals surface area contributed by atoms with Gasteiger partial charge in [-0.05, 0) is 58.4 Å². The largest absolute Gasteiger partial charge is 0.493 e. The number of hydrogen-bond acceptors (Lipinski definition) is 6. The molecule has 0 saturated carbocycles. The SMILES string of the molecule is O=Nc1ccccc1N=C1NC(=O)/C(=C/c2ccc3c(c2)CCO3)S1. The van der Waals surface area contributed by atoms with Crippen LogP contribution >= 0.6 is 11.8 Å². The zero-order valence-electron chi connectivity index (χ0n) is 13.1. The van der Waals surface area contributed by atoms with Crippen molar-refractivity contribution in [3.05, 3.63) is 63.4 Å². The topological polar surface area (TPSA) is 80.1 Å². The van der Waals surface area contributed by atoms with Crippen molar-refractivity contribution in [1.29, 1.82) is 0 Å². The molecule has 2 aliphatic heterocycles. The van der Waals surface area contributed by atoms with Crippen LogP contribution < -0.4 is 10.1 Å². The summed E-state index contributed by atoms with van der Waals surface area (Å²) in [5.41, 5.74) is 2.76. The molecule has 25 heavy (non-hydrogen) atoms. The Hall–Kier alpha value is -2.93. The van der Waals surface area contributed by atoms with Crippen molar-refractivity contribution in [2.45, 2.75) is 6.42 Å². The van der Waals surface area contributed by atoms with E-state index in [9.17, 15) is 9.70 Å². The van der Waals surface area contributed by atoms with Crippen molar-refractivity contribution in [2.24, 2.45) is 10.2 Å². The number of carbonyl (C=O) groups is 1. The van der Waals surface area contributed by atoms with Crippen molar-refractivity contribution >= 4 is 40.3 Å². The van der Waals surface area contributed by atoms with Gasteiger partial charge in [-0.15, -0.1) is 4.91 Å². The second kappa shape index (κ2) is 6.52. The molecule has 7 heteroatoms. The summed E-state index contributed by atoms with van der Waals surface area (Å²) in [6, 6.07) is 12.6. The summed E-state index contributed by atoms with van der Waals surface area (Å²) < 4.78 is 5.49. The van der Waals surface area contributed by atoms with E-state index in [1.54, 1.807) is 24.3 Å². The lowest BCUT2D eigenvalue weighted by Gasteiger charge is -2.00. The van der Waals surface area contributed by atoms with Gasteiger partial charge in [-0.25, -0.2) is 4.99 Å². The Morgan fingerprint density at radius 3 is 2.84 bits per heavy atom. The number of para-hydroxylation sites is 1. The summed E-state index contributed by atoms with van der Waals surface area (Å²) in [5.74, 6) is 0.697. The fraction of sp³-hybridized carbons (Fsp3) is 0.111. The minimum Gasteiger partial charge on any atom is -0.493 e. The number of nitrogens with one attached hydrogen (secondary N) is 1. The second-order valence-corrected chi connectivity index (χ2v) is 6.56. The number of carbonyl (C=O) groups excluding carboxylic acids is 1. The fourth-order valence-electron chi connectivity index (χ4n) is 2.67. The van der Waals surface area contributed by atoms with E-state index >= 15 is 0 Å². The van der Waals surface area contributed by atoms with E-state index in [1.807, 2.05) is 24.3 Å². The highest BCUT2D eigenvalue weighted by Gasteiger charge is 2.24. The lowest BCUT2D eigenvalue weighted by Crippen LogP contribution is -2.19. The molecule has 0 atom stereocenters. The normalized spacial score (nSPS) is 19.0. The van der Waals surface area contributed by atoms with Gasteiger partial charge in [-0.3, -0.25) is 4.79 Å². The molecule has 2 aromatic carbocycles. The van der Waals surface area contributed by atoms with E-state index in [-0.39, 0.29) is 11.6 Å². The number of thioether (sulfide) groups is 1. The summed E-state index contributed by atoms with van der Waals surface area (Å²) >= 11 is 1.24. The molecule has 4 rings (SSSR count). The first kappa shape index (κ1) is 15.6. The predicted octanol–water partition coefficient (Wildman–Crippen LogP) is 3.91. The van der Waals surface area contributed by atoms with Gasteiger partial charge in [0.25, 0.3) is 5.91 Å². The molecule has 2 aliphatic rings. The summed E-state index contributed by atoms with van der Waals surface area (Å²) in [4.78, 5) is 27.9. The van der Waals surface area contributed by atoms with Crippen LogP contribution in [0.15, 0.2) is 57.5 Å². The van der Waals surface area contributed by atoms with E-state index in [0.717, 1.165) is 23.3 Å². The Balaban J connectivity index is 1.60. The van der Waals surface area contributed by atoms with Crippen molar-refractivity contribution in [3.63, 3.8) is 0 Å². The summed E-state index contributed by atoms with van der Waals surface area (Å²) in [7, 11) is 0. The second-order valence-electron chi connectivity index (χ2n) is 5.53. The van der Waals surface area contributed by atoms with Crippen LogP contribution in [-0.2, 0) is 11.2 Å². The number of rotatable bonds is 3. The number of nitrogens with zero attached hydrogens (tertiary/aromatic N) is 2. The molecule has 1 amide bonds. The molecule has 2 heterocycles. The first-order valence-corrected chi connectivity index (χ1v) is 8.52. The Bertz CT molecular complexity index is 937. The molecule has 0 aliphatic carbocycles. The number of fused-ring (bicyclic) bond motifs is 1. The molecular formula is C18H13N3O3S. The highest BCUT2D eigenvalue weighted by Crippen LogP contribution is 2.33. The van der Waals surface area contributed by atoms with Crippen molar-refractivity contribution < 1.29 is 9.53 Å². The van der Waals surface area contributed by atoms with E-state index in [2.05, 4.69) is 15.5 Å². The van der Waals surface area contributed by atoms with Gasteiger partial charge in [0.1, 0.15) is 11.4 Å². The van der Waals surface area contributed by atoms with E-state index < -0.39 is 0 Å². The van der Waals surface area contributed by atoms with Gasteiger partial charge in [0.05, 0.1) is 17.2 Å². The van der Waals surface area contributed by atoms with Crippen molar-refractivity contribution in [1.82, 2.24) is 5.32 Å². The third-order valence-corrected chi connectivity index (χ3v) is 4.77. The molecule has 1 saturated heterocycles. The van der Waals surface area contributed by atoms with Gasteiger partial charge >= 0.3 is 0 Å². The molecule has 1 N–H and O–H groups in total. The van der Waals surface area contributed by atoms with Gasteiger partial charge in [-0.2, -0.15) is 0 Å². The maximum Gasteiger partial charge on any atom is 0.264 e. The average molecular weight is 351 g/mol. The Morgan fingerprint density at radius 2 is 2.00 bits per heavy atom. The van der Waals surface area contributed by atoms with Gasteiger partial charge in [0.2, 0.25) is 0 Å². The van der Waals surface area contributed by atoms with E-state index in [1.165, 1.54) is 11.8 Å². The summed E-state index contributed by atoms with van der Waals surface area (Å²) in [6.07, 6.45) is 2.71. The molecular weight excluding hydrogens is 338 g/mol. The van der Waals surface area contributed by atoms with E-state index in [4.69, 9.17) is 4.74 Å². The highest BCUT2D eigenvalue weighted by molar-refractivity contribution is 8.18. The minimum atomic E-state index is -0.211. The third-order valence-electron chi connectivity index (χ3n) is 3.86. The third kappa shape index (κ3) is 3.18. The molecule has 2 aromatic rings. The van der Waals surface area contributed by atoms with Gasteiger partial charge < -0.3 is 10.1 Å². The number of amidine groups is 1. The zero-order chi connectivity index (χ0) is 17.2. The van der Waals surface area contributed by atoms with Crippen LogP contribution in [0.4, 0.5) is 11.4 Å². The first-order chi connectivity index (χ1) is 12.2. The van der Waals surface area contributed by atoms with Crippen molar-refractivity contribution in [3.8, 4) is 5.75 Å². The molecule has 0 bridgehead atoms. The van der Waals surface area contributed by atoms with Crippen LogP contribution in [0.5, 0.6) is 5.75 Å². The highest BCUT2D eigenvalue weighted by atomic mass is 32.2. The molecule has 6 nitrogen and oxygen atoms in total. The lowest BCUT2D eigenvalue weighted by molar-refractivity contribution is -0.115. The summed E-state index contributed by atoms with van der Waals surface area (Å²) in [6.45, 7) is 0.700. The van der Waals surface area contributed by atoms with Crippen molar-refractivity contribution in [2.75, 3.05) is 6.61 Å². The van der Waals surface area contributed by atoms with Gasteiger partial charge in [-0.1, -0.05) is 18.2 Å². The fourth-order valence-corrected chi connectivity index (χ4v) is 3.51. The molecule has 0 aromatic heterocycles.